The van der Waals surface area contributed by atoms with Gasteiger partial charge < -0.3 is 15.0 Å². The lowest BCUT2D eigenvalue weighted by atomic mass is 9.82. The number of aryl methyl sites for hydroxylation is 2. The van der Waals surface area contributed by atoms with Crippen LogP contribution >= 0.6 is 24.0 Å². The Morgan fingerprint density at radius 2 is 1.81 bits per heavy atom. The Morgan fingerprint density at radius 3 is 2.37 bits per heavy atom. The normalized spacial score (nSPS) is 29.2. The molecule has 3 fully saturated rings. The van der Waals surface area contributed by atoms with Crippen molar-refractivity contribution in [3.05, 3.63) is 17.0 Å². The van der Waals surface area contributed by atoms with Crippen LogP contribution in [0.2, 0.25) is 0 Å². The third kappa shape index (κ3) is 3.73. The highest BCUT2D eigenvalue weighted by atomic mass is 127. The van der Waals surface area contributed by atoms with Crippen LogP contribution in [0.5, 0.6) is 0 Å². The molecule has 27 heavy (non-hydrogen) atoms. The van der Waals surface area contributed by atoms with Gasteiger partial charge in [0.15, 0.2) is 5.96 Å². The Hall–Kier alpha value is -0.830. The lowest BCUT2D eigenvalue weighted by Crippen LogP contribution is -2.41. The predicted octanol–water partition coefficient (Wildman–Crippen LogP) is 2.74. The van der Waals surface area contributed by atoms with Gasteiger partial charge in [-0.3, -0.25) is 4.68 Å². The molecular formula is C20H34IN5O. The van der Waals surface area contributed by atoms with Gasteiger partial charge in [0, 0.05) is 49.8 Å². The van der Waals surface area contributed by atoms with E-state index in [0.29, 0.717) is 24.0 Å². The van der Waals surface area contributed by atoms with E-state index in [2.05, 4.69) is 31.0 Å². The Balaban J connectivity index is 0.00000210. The van der Waals surface area contributed by atoms with Crippen molar-refractivity contribution < 1.29 is 4.74 Å². The summed E-state index contributed by atoms with van der Waals surface area (Å²) in [6.07, 6.45) is 5.46. The molecule has 3 saturated heterocycles. The molecule has 4 unspecified atom stereocenters. The van der Waals surface area contributed by atoms with Crippen LogP contribution in [0, 0.1) is 11.8 Å². The molecule has 4 heterocycles. The van der Waals surface area contributed by atoms with Crippen LogP contribution in [0.25, 0.3) is 0 Å². The maximum atomic E-state index is 6.12. The van der Waals surface area contributed by atoms with E-state index in [4.69, 9.17) is 14.8 Å². The zero-order valence-corrected chi connectivity index (χ0v) is 19.4. The number of ether oxygens (including phenoxy) is 1. The molecule has 3 aliphatic rings. The number of guanidine groups is 1. The minimum Gasteiger partial charge on any atom is -0.374 e. The Bertz CT molecular complexity index is 670. The lowest BCUT2D eigenvalue weighted by Gasteiger charge is -2.23. The second kappa shape index (κ2) is 8.68. The van der Waals surface area contributed by atoms with Gasteiger partial charge in [-0.05, 0) is 32.6 Å². The van der Waals surface area contributed by atoms with Gasteiger partial charge in [0.05, 0.1) is 24.4 Å². The number of hydrogen-bond acceptors (Lipinski definition) is 3. The lowest BCUT2D eigenvalue weighted by molar-refractivity contribution is 0.0767. The fraction of sp³-hybridized carbons (Fsp3) is 0.800. The highest BCUT2D eigenvalue weighted by Gasteiger charge is 2.53. The molecule has 0 saturated carbocycles. The summed E-state index contributed by atoms with van der Waals surface area (Å²) < 4.78 is 8.16. The zero-order chi connectivity index (χ0) is 18.3. The Labute approximate surface area is 180 Å². The number of aromatic nitrogens is 2. The summed E-state index contributed by atoms with van der Waals surface area (Å²) in [6.45, 7) is 10.3. The molecule has 0 aliphatic carbocycles. The van der Waals surface area contributed by atoms with Crippen molar-refractivity contribution in [2.24, 2.45) is 23.9 Å². The molecule has 2 bridgehead atoms. The fourth-order valence-electron chi connectivity index (χ4n) is 5.29. The summed E-state index contributed by atoms with van der Waals surface area (Å²) >= 11 is 0. The number of likely N-dealkylation sites (tertiary alicyclic amines) is 1. The van der Waals surface area contributed by atoms with Crippen molar-refractivity contribution in [3.8, 4) is 0 Å². The summed E-state index contributed by atoms with van der Waals surface area (Å²) in [5.41, 5.74) is 3.82. The summed E-state index contributed by atoms with van der Waals surface area (Å²) in [4.78, 5) is 7.50. The smallest absolute Gasteiger partial charge is 0.194 e. The van der Waals surface area contributed by atoms with E-state index in [9.17, 15) is 0 Å². The van der Waals surface area contributed by atoms with E-state index in [1.165, 1.54) is 29.8 Å². The Kier molecular flexibility index (Phi) is 6.71. The number of halogens is 1. The average molecular weight is 487 g/mol. The molecule has 0 aromatic carbocycles. The molecule has 0 amide bonds. The molecule has 0 radical (unpaired) electrons. The molecular weight excluding hydrogens is 453 g/mol. The first-order valence-electron chi connectivity index (χ1n) is 10.4. The molecule has 3 aliphatic heterocycles. The average Bonchev–Trinajstić information content (AvgIpc) is 3.38. The Morgan fingerprint density at radius 1 is 1.15 bits per heavy atom. The van der Waals surface area contributed by atoms with Crippen LogP contribution in [0.15, 0.2) is 4.99 Å². The second-order valence-electron chi connectivity index (χ2n) is 7.90. The zero-order valence-electron chi connectivity index (χ0n) is 17.1. The minimum atomic E-state index is 0. The molecule has 1 aromatic heterocycles. The quantitative estimate of drug-likeness (QED) is 0.395. The van der Waals surface area contributed by atoms with Crippen LogP contribution in [0.4, 0.5) is 0 Å². The van der Waals surface area contributed by atoms with Gasteiger partial charge in [-0.25, -0.2) is 4.99 Å². The van der Waals surface area contributed by atoms with Gasteiger partial charge in [-0.1, -0.05) is 13.8 Å². The largest absolute Gasteiger partial charge is 0.374 e. The number of aliphatic imine (C=N–C) groups is 1. The van der Waals surface area contributed by atoms with Crippen molar-refractivity contribution in [3.63, 3.8) is 0 Å². The first-order valence-corrected chi connectivity index (χ1v) is 10.4. The number of nitrogens with zero attached hydrogens (tertiary/aromatic N) is 4. The van der Waals surface area contributed by atoms with Gasteiger partial charge in [-0.15, -0.1) is 24.0 Å². The highest BCUT2D eigenvalue weighted by molar-refractivity contribution is 14.0. The van der Waals surface area contributed by atoms with E-state index in [1.807, 2.05) is 11.7 Å². The van der Waals surface area contributed by atoms with Crippen molar-refractivity contribution in [1.29, 1.82) is 0 Å². The number of hydrogen-bond donors (Lipinski definition) is 1. The van der Waals surface area contributed by atoms with E-state index in [-0.39, 0.29) is 24.0 Å². The van der Waals surface area contributed by atoms with Crippen molar-refractivity contribution in [2.45, 2.75) is 65.2 Å². The molecule has 152 valence electrons. The number of fused-ring (bicyclic) bond motifs is 5. The molecule has 4 atom stereocenters. The number of nitrogens with one attached hydrogen (secondary N) is 1. The van der Waals surface area contributed by atoms with Crippen LogP contribution in [-0.2, 0) is 31.2 Å². The topological polar surface area (TPSA) is 54.7 Å². The first-order chi connectivity index (χ1) is 12.7. The van der Waals surface area contributed by atoms with Gasteiger partial charge >= 0.3 is 0 Å². The summed E-state index contributed by atoms with van der Waals surface area (Å²) in [7, 11) is 2.05. The second-order valence-corrected chi connectivity index (χ2v) is 7.90. The van der Waals surface area contributed by atoms with Gasteiger partial charge in [0.25, 0.3) is 0 Å². The van der Waals surface area contributed by atoms with E-state index in [1.54, 1.807) is 0 Å². The van der Waals surface area contributed by atoms with Gasteiger partial charge in [-0.2, -0.15) is 5.10 Å². The summed E-state index contributed by atoms with van der Waals surface area (Å²) in [6, 6.07) is 0. The van der Waals surface area contributed by atoms with Crippen LogP contribution < -0.4 is 5.32 Å². The highest BCUT2D eigenvalue weighted by Crippen LogP contribution is 2.47. The SMILES string of the molecule is CCNC(=NCc1c(CC)nn(C)c1CC)N1CC2C3CCC(O3)C2C1.I. The maximum absolute atomic E-state index is 6.12. The predicted molar refractivity (Wildman–Crippen MR) is 119 cm³/mol. The molecule has 7 heteroatoms. The summed E-state index contributed by atoms with van der Waals surface area (Å²) in [5, 5.41) is 8.22. The van der Waals surface area contributed by atoms with Crippen LogP contribution in [0.3, 0.4) is 0 Å². The molecule has 0 spiro atoms. The van der Waals surface area contributed by atoms with Crippen LogP contribution in [0.1, 0.15) is 50.6 Å². The standard InChI is InChI=1S/C20H33N5O.HI/c1-5-16-13(17(6-2)24(4)23-16)10-22-20(21-7-3)25-11-14-15(12-25)19-9-8-18(14)26-19;/h14-15,18-19H,5-12H2,1-4H3,(H,21,22);1H. The monoisotopic (exact) mass is 487 g/mol. The molecule has 6 nitrogen and oxygen atoms in total. The van der Waals surface area contributed by atoms with E-state index < -0.39 is 0 Å². The van der Waals surface area contributed by atoms with Crippen LogP contribution in [-0.4, -0.2) is 52.5 Å². The molecule has 4 rings (SSSR count). The van der Waals surface area contributed by atoms with E-state index >= 15 is 0 Å². The van der Waals surface area contributed by atoms with Crippen molar-refractivity contribution in [1.82, 2.24) is 20.0 Å². The molecule has 1 N–H and O–H groups in total. The molecule has 1 aromatic rings. The van der Waals surface area contributed by atoms with Crippen molar-refractivity contribution >= 4 is 29.9 Å². The summed E-state index contributed by atoms with van der Waals surface area (Å²) in [5.74, 6) is 2.47. The van der Waals surface area contributed by atoms with E-state index in [0.717, 1.165) is 45.0 Å². The third-order valence-electron chi connectivity index (χ3n) is 6.50. The van der Waals surface area contributed by atoms with Gasteiger partial charge in [0.2, 0.25) is 0 Å². The maximum Gasteiger partial charge on any atom is 0.194 e. The minimum absolute atomic E-state index is 0. The third-order valence-corrected chi connectivity index (χ3v) is 6.50. The number of rotatable bonds is 5. The first kappa shape index (κ1) is 20.9. The fourth-order valence-corrected chi connectivity index (χ4v) is 5.29. The van der Waals surface area contributed by atoms with Gasteiger partial charge in [0.1, 0.15) is 0 Å². The van der Waals surface area contributed by atoms with Crippen molar-refractivity contribution in [2.75, 3.05) is 19.6 Å².